The van der Waals surface area contributed by atoms with Gasteiger partial charge in [0.1, 0.15) is 0 Å². The van der Waals surface area contributed by atoms with Crippen LogP contribution in [0.15, 0.2) is 12.1 Å². The summed E-state index contributed by atoms with van der Waals surface area (Å²) in [5, 5.41) is 9.65. The van der Waals surface area contributed by atoms with Crippen LogP contribution in [0.4, 0.5) is 0 Å². The number of rotatable bonds is 4. The number of aliphatic carboxylic acids is 1. The van der Waals surface area contributed by atoms with Crippen molar-refractivity contribution in [3.63, 3.8) is 0 Å². The fourth-order valence-corrected chi connectivity index (χ4v) is 3.01. The summed E-state index contributed by atoms with van der Waals surface area (Å²) < 4.78 is 0. The molecule has 108 valence electrons. The number of carboxylic acid groups (broad SMARTS) is 1. The lowest BCUT2D eigenvalue weighted by atomic mass is 9.93. The predicted molar refractivity (Wildman–Crippen MR) is 76.6 cm³/mol. The molecule has 1 aliphatic carbocycles. The zero-order valence-corrected chi connectivity index (χ0v) is 12.4. The Kier molecular flexibility index (Phi) is 3.84. The Hall–Kier alpha value is -1.84. The highest BCUT2D eigenvalue weighted by atomic mass is 16.4. The quantitative estimate of drug-likeness (QED) is 0.919. The van der Waals surface area contributed by atoms with Gasteiger partial charge in [0, 0.05) is 13.0 Å². The van der Waals surface area contributed by atoms with Gasteiger partial charge in [0.25, 0.3) is 0 Å². The van der Waals surface area contributed by atoms with Gasteiger partial charge in [-0.05, 0) is 50.3 Å². The molecule has 0 saturated heterocycles. The first-order valence-electron chi connectivity index (χ1n) is 6.92. The summed E-state index contributed by atoms with van der Waals surface area (Å²) in [6, 6.07) is 3.15. The van der Waals surface area contributed by atoms with E-state index in [1.54, 1.807) is 0 Å². The average Bonchev–Trinajstić information content (AvgIpc) is 3.09. The Labute approximate surface area is 119 Å². The van der Waals surface area contributed by atoms with Crippen molar-refractivity contribution in [2.24, 2.45) is 0 Å². The molecule has 1 saturated carbocycles. The van der Waals surface area contributed by atoms with Crippen LogP contribution in [0.3, 0.4) is 0 Å². The minimum absolute atomic E-state index is 0.0775. The average molecular weight is 275 g/mol. The fraction of sp³-hybridized carbons (Fsp3) is 0.500. The summed E-state index contributed by atoms with van der Waals surface area (Å²) in [6.45, 7) is 7.27. The number of hydrogen-bond acceptors (Lipinski definition) is 2. The van der Waals surface area contributed by atoms with Crippen molar-refractivity contribution < 1.29 is 14.7 Å². The van der Waals surface area contributed by atoms with Gasteiger partial charge in [0.05, 0.1) is 0 Å². The van der Waals surface area contributed by atoms with Crippen molar-refractivity contribution in [2.45, 2.75) is 52.6 Å². The zero-order valence-electron chi connectivity index (χ0n) is 12.4. The topological polar surface area (TPSA) is 57.6 Å². The summed E-state index contributed by atoms with van der Waals surface area (Å²) in [5.41, 5.74) is 3.72. The summed E-state index contributed by atoms with van der Waals surface area (Å²) in [7, 11) is 0. The van der Waals surface area contributed by atoms with Crippen LogP contribution in [-0.4, -0.2) is 27.9 Å². The first-order valence-corrected chi connectivity index (χ1v) is 6.92. The van der Waals surface area contributed by atoms with Gasteiger partial charge >= 0.3 is 5.97 Å². The van der Waals surface area contributed by atoms with Crippen molar-refractivity contribution >= 4 is 11.9 Å². The van der Waals surface area contributed by atoms with Crippen LogP contribution in [0.2, 0.25) is 0 Å². The number of nitrogens with zero attached hydrogens (tertiary/aromatic N) is 1. The predicted octanol–water partition coefficient (Wildman–Crippen LogP) is 2.75. The molecule has 1 aromatic rings. The molecule has 0 spiro atoms. The van der Waals surface area contributed by atoms with E-state index in [0.29, 0.717) is 0 Å². The summed E-state index contributed by atoms with van der Waals surface area (Å²) in [6.07, 6.45) is 1.79. The SMILES string of the molecule is CC(=O)N(C1CC1)C(C(=O)O)c1c(C)cc(C)cc1C. The molecular weight excluding hydrogens is 254 g/mol. The first-order chi connectivity index (χ1) is 9.32. The first kappa shape index (κ1) is 14.6. The Bertz CT molecular complexity index is 538. The van der Waals surface area contributed by atoms with Crippen molar-refractivity contribution in [3.8, 4) is 0 Å². The Morgan fingerprint density at radius 3 is 2.05 bits per heavy atom. The zero-order chi connectivity index (χ0) is 15.0. The van der Waals surface area contributed by atoms with E-state index in [1.807, 2.05) is 32.9 Å². The van der Waals surface area contributed by atoms with E-state index in [9.17, 15) is 14.7 Å². The van der Waals surface area contributed by atoms with E-state index >= 15 is 0 Å². The van der Waals surface area contributed by atoms with E-state index in [-0.39, 0.29) is 11.9 Å². The van der Waals surface area contributed by atoms with Gasteiger partial charge < -0.3 is 10.0 Å². The third-order valence-corrected chi connectivity index (χ3v) is 3.83. The molecule has 1 unspecified atom stereocenters. The van der Waals surface area contributed by atoms with Crippen molar-refractivity contribution in [1.82, 2.24) is 4.90 Å². The van der Waals surface area contributed by atoms with Crippen LogP contribution < -0.4 is 0 Å². The molecule has 0 aliphatic heterocycles. The van der Waals surface area contributed by atoms with E-state index in [1.165, 1.54) is 11.8 Å². The van der Waals surface area contributed by atoms with Crippen molar-refractivity contribution in [1.29, 1.82) is 0 Å². The number of carbonyl (C=O) groups is 2. The molecule has 0 bridgehead atoms. The van der Waals surface area contributed by atoms with Gasteiger partial charge in [0.15, 0.2) is 6.04 Å². The van der Waals surface area contributed by atoms with Gasteiger partial charge in [-0.25, -0.2) is 4.79 Å². The van der Waals surface area contributed by atoms with Gasteiger partial charge in [-0.15, -0.1) is 0 Å². The van der Waals surface area contributed by atoms with E-state index in [0.717, 1.165) is 35.1 Å². The van der Waals surface area contributed by atoms with Crippen LogP contribution in [0.1, 0.15) is 48.1 Å². The molecule has 0 aromatic heterocycles. The molecule has 1 fully saturated rings. The van der Waals surface area contributed by atoms with Crippen LogP contribution >= 0.6 is 0 Å². The highest BCUT2D eigenvalue weighted by Gasteiger charge is 2.41. The summed E-state index contributed by atoms with van der Waals surface area (Å²) in [5.74, 6) is -1.12. The lowest BCUT2D eigenvalue weighted by molar-refractivity contribution is -0.150. The Balaban J connectivity index is 2.53. The number of aryl methyl sites for hydroxylation is 3. The third-order valence-electron chi connectivity index (χ3n) is 3.83. The van der Waals surface area contributed by atoms with Crippen molar-refractivity contribution in [2.75, 3.05) is 0 Å². The molecule has 4 nitrogen and oxygen atoms in total. The monoisotopic (exact) mass is 275 g/mol. The molecule has 0 radical (unpaired) electrons. The number of carbonyl (C=O) groups excluding carboxylic acids is 1. The fourth-order valence-electron chi connectivity index (χ4n) is 3.01. The van der Waals surface area contributed by atoms with Gasteiger partial charge in [-0.3, -0.25) is 4.79 Å². The number of hydrogen-bond donors (Lipinski definition) is 1. The van der Waals surface area contributed by atoms with Crippen LogP contribution in [-0.2, 0) is 9.59 Å². The third kappa shape index (κ3) is 2.69. The minimum atomic E-state index is -0.956. The second-order valence-electron chi connectivity index (χ2n) is 5.71. The van der Waals surface area contributed by atoms with Gasteiger partial charge in [-0.2, -0.15) is 0 Å². The minimum Gasteiger partial charge on any atom is -0.479 e. The molecule has 0 heterocycles. The number of amides is 1. The van der Waals surface area contributed by atoms with E-state index in [2.05, 4.69) is 0 Å². The molecule has 4 heteroatoms. The number of benzene rings is 1. The van der Waals surface area contributed by atoms with Crippen LogP contribution in [0, 0.1) is 20.8 Å². The standard InChI is InChI=1S/C16H21NO3/c1-9-7-10(2)14(11(3)8-9)15(16(19)20)17(12(4)18)13-5-6-13/h7-8,13,15H,5-6H2,1-4H3,(H,19,20). The summed E-state index contributed by atoms with van der Waals surface area (Å²) in [4.78, 5) is 25.2. The molecule has 1 amide bonds. The molecule has 1 aliphatic rings. The lowest BCUT2D eigenvalue weighted by Crippen LogP contribution is -2.40. The second kappa shape index (κ2) is 5.27. The highest BCUT2D eigenvalue weighted by Crippen LogP contribution is 2.37. The molecule has 1 N–H and O–H groups in total. The highest BCUT2D eigenvalue weighted by molar-refractivity contribution is 5.84. The maximum absolute atomic E-state index is 11.9. The largest absolute Gasteiger partial charge is 0.479 e. The van der Waals surface area contributed by atoms with E-state index < -0.39 is 12.0 Å². The maximum Gasteiger partial charge on any atom is 0.331 e. The summed E-state index contributed by atoms with van der Waals surface area (Å²) >= 11 is 0. The van der Waals surface area contributed by atoms with E-state index in [4.69, 9.17) is 0 Å². The maximum atomic E-state index is 11.9. The normalized spacial score (nSPS) is 15.8. The Morgan fingerprint density at radius 1 is 1.20 bits per heavy atom. The molecule has 1 aromatic carbocycles. The second-order valence-corrected chi connectivity index (χ2v) is 5.71. The lowest BCUT2D eigenvalue weighted by Gasteiger charge is -2.30. The van der Waals surface area contributed by atoms with Crippen molar-refractivity contribution in [3.05, 3.63) is 34.4 Å². The van der Waals surface area contributed by atoms with Gasteiger partial charge in [-0.1, -0.05) is 17.7 Å². The van der Waals surface area contributed by atoms with Crippen LogP contribution in [0.5, 0.6) is 0 Å². The molecule has 1 atom stereocenters. The number of carboxylic acids is 1. The Morgan fingerprint density at radius 2 is 1.70 bits per heavy atom. The molecule has 2 rings (SSSR count). The molecule has 20 heavy (non-hydrogen) atoms. The molecular formula is C16H21NO3. The van der Waals surface area contributed by atoms with Crippen LogP contribution in [0.25, 0.3) is 0 Å². The van der Waals surface area contributed by atoms with Gasteiger partial charge in [0.2, 0.25) is 5.91 Å². The smallest absolute Gasteiger partial charge is 0.331 e.